The Labute approximate surface area is 212 Å². The Morgan fingerprint density at radius 3 is 2.30 bits per heavy atom. The quantitative estimate of drug-likeness (QED) is 0.209. The predicted octanol–water partition coefficient (Wildman–Crippen LogP) is 3.75. The SMILES string of the molecule is COC(=O)CC[C@H]1C(=O)N(C(=O)c2ccccc2[N+](=O)[O-])c2ccccc2C(=O)N1Cc1ccccc1. The van der Waals surface area contributed by atoms with E-state index in [4.69, 9.17) is 4.74 Å². The minimum Gasteiger partial charge on any atom is -0.469 e. The summed E-state index contributed by atoms with van der Waals surface area (Å²) in [6.07, 6.45) is -0.298. The van der Waals surface area contributed by atoms with Gasteiger partial charge in [-0.25, -0.2) is 4.90 Å². The lowest BCUT2D eigenvalue weighted by molar-refractivity contribution is -0.385. The number of nitro benzene ring substituents is 1. The largest absolute Gasteiger partial charge is 0.469 e. The summed E-state index contributed by atoms with van der Waals surface area (Å²) in [6, 6.07) is 19.2. The topological polar surface area (TPSA) is 127 Å². The molecule has 0 aliphatic carbocycles. The molecule has 3 aromatic rings. The molecule has 0 saturated carbocycles. The average molecular weight is 501 g/mol. The van der Waals surface area contributed by atoms with Gasteiger partial charge in [0.25, 0.3) is 23.4 Å². The highest BCUT2D eigenvalue weighted by Crippen LogP contribution is 2.33. The van der Waals surface area contributed by atoms with Crippen LogP contribution in [0.25, 0.3) is 0 Å². The fourth-order valence-corrected chi connectivity index (χ4v) is 4.29. The molecule has 0 saturated heterocycles. The van der Waals surface area contributed by atoms with Crippen molar-refractivity contribution in [1.82, 2.24) is 4.90 Å². The number of amides is 3. The summed E-state index contributed by atoms with van der Waals surface area (Å²) in [4.78, 5) is 66.6. The molecule has 1 aliphatic heterocycles. The third kappa shape index (κ3) is 5.08. The first-order valence-corrected chi connectivity index (χ1v) is 11.5. The van der Waals surface area contributed by atoms with Gasteiger partial charge in [-0.15, -0.1) is 0 Å². The Morgan fingerprint density at radius 1 is 0.946 bits per heavy atom. The lowest BCUT2D eigenvalue weighted by Gasteiger charge is -2.30. The number of nitro groups is 1. The van der Waals surface area contributed by atoms with Crippen LogP contribution < -0.4 is 4.90 Å². The molecule has 10 heteroatoms. The van der Waals surface area contributed by atoms with E-state index in [0.29, 0.717) is 0 Å². The molecule has 0 radical (unpaired) electrons. The molecule has 3 aromatic carbocycles. The first-order chi connectivity index (χ1) is 17.8. The number of hydrogen-bond acceptors (Lipinski definition) is 7. The first kappa shape index (κ1) is 25.2. The van der Waals surface area contributed by atoms with Gasteiger partial charge in [0.15, 0.2) is 0 Å². The van der Waals surface area contributed by atoms with E-state index in [2.05, 4.69) is 0 Å². The molecule has 188 valence electrons. The van der Waals surface area contributed by atoms with Crippen molar-refractivity contribution in [3.63, 3.8) is 0 Å². The number of carbonyl (C=O) groups excluding carboxylic acids is 4. The second-order valence-corrected chi connectivity index (χ2v) is 8.32. The van der Waals surface area contributed by atoms with Gasteiger partial charge in [-0.2, -0.15) is 0 Å². The monoisotopic (exact) mass is 501 g/mol. The van der Waals surface area contributed by atoms with E-state index in [1.165, 1.54) is 48.4 Å². The molecule has 0 aromatic heterocycles. The summed E-state index contributed by atoms with van der Waals surface area (Å²) in [5, 5.41) is 11.6. The number of imide groups is 1. The van der Waals surface area contributed by atoms with Gasteiger partial charge in [0.2, 0.25) is 0 Å². The van der Waals surface area contributed by atoms with Crippen LogP contribution in [-0.4, -0.2) is 46.7 Å². The van der Waals surface area contributed by atoms with Gasteiger partial charge >= 0.3 is 5.97 Å². The van der Waals surface area contributed by atoms with Crippen molar-refractivity contribution < 1.29 is 28.8 Å². The number of benzene rings is 3. The average Bonchev–Trinajstić information content (AvgIpc) is 3.00. The number of para-hydroxylation sites is 2. The maximum Gasteiger partial charge on any atom is 0.305 e. The highest BCUT2D eigenvalue weighted by Gasteiger charge is 2.43. The van der Waals surface area contributed by atoms with E-state index < -0.39 is 40.3 Å². The van der Waals surface area contributed by atoms with Crippen LogP contribution in [0.15, 0.2) is 78.9 Å². The number of nitrogens with zero attached hydrogens (tertiary/aromatic N) is 3. The summed E-state index contributed by atoms with van der Waals surface area (Å²) < 4.78 is 4.73. The molecule has 1 atom stereocenters. The third-order valence-electron chi connectivity index (χ3n) is 6.10. The summed E-state index contributed by atoms with van der Waals surface area (Å²) in [5.41, 5.74) is 0.0631. The van der Waals surface area contributed by atoms with Gasteiger partial charge in [0.05, 0.1) is 23.3 Å². The minimum absolute atomic E-state index is 0.0132. The summed E-state index contributed by atoms with van der Waals surface area (Å²) in [7, 11) is 1.21. The molecule has 0 fully saturated rings. The molecule has 4 rings (SSSR count). The molecule has 3 amide bonds. The van der Waals surface area contributed by atoms with Crippen molar-refractivity contribution in [3.05, 3.63) is 106 Å². The number of carbonyl (C=O) groups is 4. The van der Waals surface area contributed by atoms with E-state index in [9.17, 15) is 29.3 Å². The van der Waals surface area contributed by atoms with E-state index in [1.54, 1.807) is 36.4 Å². The number of esters is 1. The smallest absolute Gasteiger partial charge is 0.305 e. The Hall–Kier alpha value is -4.86. The van der Waals surface area contributed by atoms with Crippen LogP contribution in [0, 0.1) is 10.1 Å². The third-order valence-corrected chi connectivity index (χ3v) is 6.10. The van der Waals surface area contributed by atoms with E-state index in [-0.39, 0.29) is 36.2 Å². The van der Waals surface area contributed by atoms with Crippen molar-refractivity contribution in [2.75, 3.05) is 12.0 Å². The summed E-state index contributed by atoms with van der Waals surface area (Å²) in [5.74, 6) is -2.82. The fraction of sp³-hybridized carbons (Fsp3) is 0.185. The van der Waals surface area contributed by atoms with Gasteiger partial charge in [0.1, 0.15) is 11.6 Å². The van der Waals surface area contributed by atoms with Crippen molar-refractivity contribution in [2.24, 2.45) is 0 Å². The van der Waals surface area contributed by atoms with Crippen LogP contribution in [0.3, 0.4) is 0 Å². The van der Waals surface area contributed by atoms with Crippen molar-refractivity contribution in [3.8, 4) is 0 Å². The second kappa shape index (κ2) is 10.8. The Morgan fingerprint density at radius 2 is 1.59 bits per heavy atom. The maximum atomic E-state index is 14.0. The molecule has 1 aliphatic rings. The molecule has 37 heavy (non-hydrogen) atoms. The standard InChI is InChI=1S/C27H23N3O7/c1-37-24(31)16-15-23-27(34)29(26(33)20-12-6-8-14-22(20)30(35)36)21-13-7-5-11-19(21)25(32)28(23)17-18-9-3-2-4-10-18/h2-14,23H,15-17H2,1H3/t23-/m0/s1. The molecule has 1 heterocycles. The van der Waals surface area contributed by atoms with Crippen molar-refractivity contribution >= 4 is 35.1 Å². The molecule has 10 nitrogen and oxygen atoms in total. The lowest BCUT2D eigenvalue weighted by atomic mass is 10.1. The van der Waals surface area contributed by atoms with Gasteiger partial charge in [-0.3, -0.25) is 29.3 Å². The zero-order valence-corrected chi connectivity index (χ0v) is 19.9. The van der Waals surface area contributed by atoms with Crippen molar-refractivity contribution in [1.29, 1.82) is 0 Å². The second-order valence-electron chi connectivity index (χ2n) is 8.32. The van der Waals surface area contributed by atoms with Gasteiger partial charge < -0.3 is 9.64 Å². The molecular formula is C27H23N3O7. The first-order valence-electron chi connectivity index (χ1n) is 11.5. The highest BCUT2D eigenvalue weighted by molar-refractivity contribution is 6.27. The van der Waals surface area contributed by atoms with Crippen molar-refractivity contribution in [2.45, 2.75) is 25.4 Å². The van der Waals surface area contributed by atoms with E-state index in [1.807, 2.05) is 6.07 Å². The van der Waals surface area contributed by atoms with Crippen LogP contribution >= 0.6 is 0 Å². The maximum absolute atomic E-state index is 14.0. The highest BCUT2D eigenvalue weighted by atomic mass is 16.6. The van der Waals surface area contributed by atoms with Crippen LogP contribution in [0.5, 0.6) is 0 Å². The van der Waals surface area contributed by atoms with Crippen LogP contribution in [0.4, 0.5) is 11.4 Å². The lowest BCUT2D eigenvalue weighted by Crippen LogP contribution is -2.50. The molecule has 0 bridgehead atoms. The molecule has 0 N–H and O–H groups in total. The fourth-order valence-electron chi connectivity index (χ4n) is 4.29. The van der Waals surface area contributed by atoms with E-state index >= 15 is 0 Å². The minimum atomic E-state index is -1.22. The van der Waals surface area contributed by atoms with Crippen LogP contribution in [0.2, 0.25) is 0 Å². The summed E-state index contributed by atoms with van der Waals surface area (Å²) in [6.45, 7) is 0.0408. The Kier molecular flexibility index (Phi) is 7.38. The molecule has 0 spiro atoms. The van der Waals surface area contributed by atoms with Crippen LogP contribution in [0.1, 0.15) is 39.1 Å². The van der Waals surface area contributed by atoms with Gasteiger partial charge in [0, 0.05) is 19.0 Å². The zero-order chi connectivity index (χ0) is 26.5. The predicted molar refractivity (Wildman–Crippen MR) is 133 cm³/mol. The molecular weight excluding hydrogens is 478 g/mol. The number of methoxy groups -OCH3 is 1. The van der Waals surface area contributed by atoms with E-state index in [0.717, 1.165) is 10.5 Å². The summed E-state index contributed by atoms with van der Waals surface area (Å²) >= 11 is 0. The Balaban J connectivity index is 1.86. The number of anilines is 1. The van der Waals surface area contributed by atoms with Gasteiger partial charge in [-0.05, 0) is 30.2 Å². The van der Waals surface area contributed by atoms with Crippen LogP contribution in [-0.2, 0) is 20.9 Å². The zero-order valence-electron chi connectivity index (χ0n) is 19.9. The number of fused-ring (bicyclic) bond motifs is 1. The number of hydrogen-bond donors (Lipinski definition) is 0. The normalized spacial score (nSPS) is 15.1. The molecule has 0 unspecified atom stereocenters. The number of rotatable bonds is 7. The van der Waals surface area contributed by atoms with Gasteiger partial charge in [-0.1, -0.05) is 54.6 Å². The number of ether oxygens (including phenoxy) is 1. The Bertz CT molecular complexity index is 1370.